The fourth-order valence-electron chi connectivity index (χ4n) is 1.16. The Kier molecular flexibility index (Phi) is 4.54. The summed E-state index contributed by atoms with van der Waals surface area (Å²) < 4.78 is 5.23. The van der Waals surface area contributed by atoms with Crippen LogP contribution in [-0.4, -0.2) is 11.6 Å². The van der Waals surface area contributed by atoms with E-state index in [4.69, 9.17) is 10.00 Å². The Morgan fingerprint density at radius 1 is 1.53 bits per heavy atom. The highest BCUT2D eigenvalue weighted by molar-refractivity contribution is 5.80. The molecule has 0 aliphatic carbocycles. The molecule has 0 aromatic heterocycles. The summed E-state index contributed by atoms with van der Waals surface area (Å²) in [7, 11) is 0. The molecule has 0 radical (unpaired) electrons. The average Bonchev–Trinajstić information content (AvgIpc) is 2.11. The van der Waals surface area contributed by atoms with Gasteiger partial charge in [0.05, 0.1) is 6.07 Å². The van der Waals surface area contributed by atoms with Crippen LogP contribution in [0.2, 0.25) is 0 Å². The normalized spacial score (nSPS) is 14.9. The van der Waals surface area contributed by atoms with Crippen LogP contribution in [0.4, 0.5) is 0 Å². The van der Waals surface area contributed by atoms with Crippen molar-refractivity contribution in [3.05, 3.63) is 12.7 Å². The fraction of sp³-hybridized carbons (Fsp3) is 0.667. The van der Waals surface area contributed by atoms with Crippen molar-refractivity contribution >= 4 is 5.97 Å². The summed E-state index contributed by atoms with van der Waals surface area (Å²) >= 11 is 0. The first-order valence-corrected chi connectivity index (χ1v) is 5.07. The third kappa shape index (κ3) is 3.75. The molecule has 0 rings (SSSR count). The lowest BCUT2D eigenvalue weighted by atomic mass is 9.83. The van der Waals surface area contributed by atoms with Crippen molar-refractivity contribution in [2.45, 2.75) is 46.1 Å². The Balaban J connectivity index is 4.87. The topological polar surface area (TPSA) is 50.1 Å². The lowest BCUT2D eigenvalue weighted by Crippen LogP contribution is -2.36. The Bertz CT molecular complexity index is 283. The van der Waals surface area contributed by atoms with Crippen LogP contribution in [0.3, 0.4) is 0 Å². The second kappa shape index (κ2) is 4.97. The number of nitrogens with zero attached hydrogens (tertiary/aromatic N) is 1. The number of esters is 1. The molecule has 0 aliphatic rings. The van der Waals surface area contributed by atoms with Crippen molar-refractivity contribution in [3.8, 4) is 6.07 Å². The summed E-state index contributed by atoms with van der Waals surface area (Å²) in [5.74, 6) is -0.458. The van der Waals surface area contributed by atoms with Crippen LogP contribution in [0.1, 0.15) is 40.5 Å². The van der Waals surface area contributed by atoms with E-state index in [1.54, 1.807) is 33.8 Å². The summed E-state index contributed by atoms with van der Waals surface area (Å²) in [5, 5.41) is 9.08. The number of carbonyl (C=O) groups is 1. The van der Waals surface area contributed by atoms with Crippen LogP contribution in [0, 0.1) is 16.7 Å². The van der Waals surface area contributed by atoms with E-state index >= 15 is 0 Å². The molecule has 0 heterocycles. The minimum absolute atomic E-state index is 0.328. The van der Waals surface area contributed by atoms with Gasteiger partial charge >= 0.3 is 5.97 Å². The van der Waals surface area contributed by atoms with Crippen molar-refractivity contribution in [3.63, 3.8) is 0 Å². The minimum atomic E-state index is -1.07. The standard InChI is InChI=1S/C12H19NO2/c1-6-8-12(7-2,9-13)10(14)15-11(3,4)5/h6H,1,7-8H2,2-5H3/t12-/m0/s1. The van der Waals surface area contributed by atoms with E-state index in [1.165, 1.54) is 0 Å². The first-order valence-electron chi connectivity index (χ1n) is 5.07. The molecule has 3 heteroatoms. The van der Waals surface area contributed by atoms with E-state index in [0.717, 1.165) is 0 Å². The van der Waals surface area contributed by atoms with Gasteiger partial charge in [-0.3, -0.25) is 4.79 Å². The molecule has 0 bridgehead atoms. The van der Waals surface area contributed by atoms with Crippen molar-refractivity contribution in [1.29, 1.82) is 5.26 Å². The largest absolute Gasteiger partial charge is 0.459 e. The first kappa shape index (κ1) is 13.7. The van der Waals surface area contributed by atoms with E-state index in [9.17, 15) is 4.79 Å². The maximum absolute atomic E-state index is 11.8. The SMILES string of the molecule is C=CC[C@](C#N)(CC)C(=O)OC(C)(C)C. The van der Waals surface area contributed by atoms with Crippen molar-refractivity contribution in [2.75, 3.05) is 0 Å². The molecule has 0 amide bonds. The lowest BCUT2D eigenvalue weighted by molar-refractivity contribution is -0.164. The Labute approximate surface area is 91.7 Å². The zero-order valence-corrected chi connectivity index (χ0v) is 9.96. The quantitative estimate of drug-likeness (QED) is 0.528. The summed E-state index contributed by atoms with van der Waals surface area (Å²) in [6.45, 7) is 10.7. The number of carbonyl (C=O) groups excluding carboxylic acids is 1. The van der Waals surface area contributed by atoms with E-state index in [1.807, 2.05) is 6.07 Å². The molecule has 1 atom stereocenters. The summed E-state index contributed by atoms with van der Waals surface area (Å²) in [5.41, 5.74) is -1.63. The maximum atomic E-state index is 11.8. The highest BCUT2D eigenvalue weighted by Gasteiger charge is 2.39. The van der Waals surface area contributed by atoms with Gasteiger partial charge in [0.25, 0.3) is 0 Å². The highest BCUT2D eigenvalue weighted by atomic mass is 16.6. The molecule has 0 aromatic rings. The maximum Gasteiger partial charge on any atom is 0.327 e. The fourth-order valence-corrected chi connectivity index (χ4v) is 1.16. The van der Waals surface area contributed by atoms with E-state index in [-0.39, 0.29) is 0 Å². The number of nitriles is 1. The van der Waals surface area contributed by atoms with Crippen molar-refractivity contribution in [2.24, 2.45) is 5.41 Å². The molecular weight excluding hydrogens is 190 g/mol. The molecule has 0 N–H and O–H groups in total. The average molecular weight is 209 g/mol. The smallest absolute Gasteiger partial charge is 0.327 e. The highest BCUT2D eigenvalue weighted by Crippen LogP contribution is 2.29. The van der Waals surface area contributed by atoms with Gasteiger partial charge in [-0.15, -0.1) is 6.58 Å². The van der Waals surface area contributed by atoms with Gasteiger partial charge in [0.15, 0.2) is 5.41 Å². The Morgan fingerprint density at radius 2 is 2.07 bits per heavy atom. The predicted molar refractivity (Wildman–Crippen MR) is 59.0 cm³/mol. The molecule has 0 spiro atoms. The molecular formula is C12H19NO2. The molecule has 3 nitrogen and oxygen atoms in total. The van der Waals surface area contributed by atoms with Crippen LogP contribution in [0.15, 0.2) is 12.7 Å². The number of ether oxygens (including phenoxy) is 1. The third-order valence-corrected chi connectivity index (χ3v) is 2.10. The molecule has 84 valence electrons. The molecule has 0 aliphatic heterocycles. The second-order valence-electron chi connectivity index (χ2n) is 4.54. The number of hydrogen-bond acceptors (Lipinski definition) is 3. The van der Waals surface area contributed by atoms with Gasteiger partial charge in [0.1, 0.15) is 5.60 Å². The lowest BCUT2D eigenvalue weighted by Gasteiger charge is -2.27. The molecule has 0 fully saturated rings. The summed E-state index contributed by atoms with van der Waals surface area (Å²) in [4.78, 5) is 11.8. The zero-order chi connectivity index (χ0) is 12.1. The second-order valence-corrected chi connectivity index (χ2v) is 4.54. The van der Waals surface area contributed by atoms with Crippen LogP contribution in [0.5, 0.6) is 0 Å². The van der Waals surface area contributed by atoms with Gasteiger partial charge in [-0.25, -0.2) is 0 Å². The zero-order valence-electron chi connectivity index (χ0n) is 9.96. The number of hydrogen-bond donors (Lipinski definition) is 0. The predicted octanol–water partition coefficient (Wildman–Crippen LogP) is 2.82. The van der Waals surface area contributed by atoms with Gasteiger partial charge in [0.2, 0.25) is 0 Å². The van der Waals surface area contributed by atoms with Gasteiger partial charge in [-0.2, -0.15) is 5.26 Å². The van der Waals surface area contributed by atoms with E-state index in [0.29, 0.717) is 12.8 Å². The molecule has 15 heavy (non-hydrogen) atoms. The molecule has 0 saturated heterocycles. The monoisotopic (exact) mass is 209 g/mol. The van der Waals surface area contributed by atoms with Gasteiger partial charge in [-0.05, 0) is 33.6 Å². The third-order valence-electron chi connectivity index (χ3n) is 2.10. The molecule has 0 aromatic carbocycles. The first-order chi connectivity index (χ1) is 6.81. The molecule has 0 saturated carbocycles. The van der Waals surface area contributed by atoms with Gasteiger partial charge in [0, 0.05) is 0 Å². The van der Waals surface area contributed by atoms with Crippen molar-refractivity contribution < 1.29 is 9.53 Å². The summed E-state index contributed by atoms with van der Waals surface area (Å²) in [6.07, 6.45) is 2.34. The van der Waals surface area contributed by atoms with Crippen LogP contribution < -0.4 is 0 Å². The summed E-state index contributed by atoms with van der Waals surface area (Å²) in [6, 6.07) is 2.04. The Hall–Kier alpha value is -1.30. The molecule has 0 unspecified atom stereocenters. The van der Waals surface area contributed by atoms with Crippen LogP contribution >= 0.6 is 0 Å². The minimum Gasteiger partial charge on any atom is -0.459 e. The van der Waals surface area contributed by atoms with Gasteiger partial charge < -0.3 is 4.74 Å². The van der Waals surface area contributed by atoms with Crippen LogP contribution in [0.25, 0.3) is 0 Å². The Morgan fingerprint density at radius 3 is 2.33 bits per heavy atom. The van der Waals surface area contributed by atoms with Gasteiger partial charge in [-0.1, -0.05) is 13.0 Å². The number of rotatable bonds is 4. The van der Waals surface area contributed by atoms with E-state index in [2.05, 4.69) is 6.58 Å². The van der Waals surface area contributed by atoms with Crippen molar-refractivity contribution in [1.82, 2.24) is 0 Å². The number of allylic oxidation sites excluding steroid dienone is 1. The van der Waals surface area contributed by atoms with Crippen LogP contribution in [-0.2, 0) is 9.53 Å². The van der Waals surface area contributed by atoms with E-state index < -0.39 is 17.0 Å².